The molecule has 1 aromatic carbocycles. The molecule has 0 aliphatic rings. The number of carbonyl (C=O) groups is 3. The molecular formula is C12H14O6. The fourth-order valence-corrected chi connectivity index (χ4v) is 1.07. The van der Waals surface area contributed by atoms with Crippen LogP contribution < -0.4 is 0 Å². The summed E-state index contributed by atoms with van der Waals surface area (Å²) in [6, 6.07) is 5.48. The van der Waals surface area contributed by atoms with Crippen molar-refractivity contribution in [1.82, 2.24) is 0 Å². The van der Waals surface area contributed by atoms with E-state index in [1.54, 1.807) is 0 Å². The summed E-state index contributed by atoms with van der Waals surface area (Å²) < 4.78 is 0. The summed E-state index contributed by atoms with van der Waals surface area (Å²) in [5.74, 6) is -3.17. The highest BCUT2D eigenvalue weighted by molar-refractivity contribution is 6.01. The van der Waals surface area contributed by atoms with Gasteiger partial charge in [0.05, 0.1) is 11.1 Å². The van der Waals surface area contributed by atoms with E-state index in [4.69, 9.17) is 15.3 Å². The molecule has 0 aliphatic carbocycles. The van der Waals surface area contributed by atoms with Crippen LogP contribution in [0.2, 0.25) is 0 Å². The van der Waals surface area contributed by atoms with Crippen molar-refractivity contribution in [2.45, 2.75) is 19.8 Å². The first-order valence-corrected chi connectivity index (χ1v) is 5.17. The van der Waals surface area contributed by atoms with Crippen molar-refractivity contribution >= 4 is 17.9 Å². The number of aliphatic carboxylic acids is 1. The second-order valence-corrected chi connectivity index (χ2v) is 3.30. The third-order valence-corrected chi connectivity index (χ3v) is 1.85. The first-order valence-electron chi connectivity index (χ1n) is 5.17. The second kappa shape index (κ2) is 7.83. The lowest BCUT2D eigenvalue weighted by Crippen LogP contribution is -2.06. The standard InChI is InChI=1S/C8H6O4.C4H8O2/c9-7(10)5-3-1-2-4-6(5)8(11)12;1-2-3-4(5)6/h1-4H,(H,9,10)(H,11,12);2-3H2,1H3,(H,5,6). The molecule has 0 radical (unpaired) electrons. The summed E-state index contributed by atoms with van der Waals surface area (Å²) in [6.45, 7) is 1.84. The molecule has 0 saturated heterocycles. The average molecular weight is 254 g/mol. The summed E-state index contributed by atoms with van der Waals surface area (Å²) in [7, 11) is 0. The maximum Gasteiger partial charge on any atom is 0.336 e. The minimum Gasteiger partial charge on any atom is -0.481 e. The topological polar surface area (TPSA) is 112 Å². The van der Waals surface area contributed by atoms with Crippen LogP contribution >= 0.6 is 0 Å². The predicted molar refractivity (Wildman–Crippen MR) is 62.9 cm³/mol. The van der Waals surface area contributed by atoms with E-state index < -0.39 is 17.9 Å². The first kappa shape index (κ1) is 15.6. The Balaban J connectivity index is 0.000000411. The molecule has 0 fully saturated rings. The Bertz CT molecular complexity index is 405. The molecule has 1 aromatic rings. The molecule has 0 aromatic heterocycles. The SMILES string of the molecule is CCCC(=O)O.O=C(O)c1ccccc1C(=O)O. The van der Waals surface area contributed by atoms with Gasteiger partial charge in [-0.15, -0.1) is 0 Å². The third-order valence-electron chi connectivity index (χ3n) is 1.85. The molecule has 0 bridgehead atoms. The Morgan fingerprint density at radius 1 is 0.944 bits per heavy atom. The van der Waals surface area contributed by atoms with Crippen LogP contribution in [-0.2, 0) is 4.79 Å². The van der Waals surface area contributed by atoms with E-state index in [2.05, 4.69) is 0 Å². The predicted octanol–water partition coefficient (Wildman–Crippen LogP) is 1.95. The molecule has 0 atom stereocenters. The third kappa shape index (κ3) is 5.64. The Morgan fingerprint density at radius 3 is 1.50 bits per heavy atom. The molecule has 3 N–H and O–H groups in total. The van der Waals surface area contributed by atoms with Crippen molar-refractivity contribution in [2.24, 2.45) is 0 Å². The van der Waals surface area contributed by atoms with Crippen molar-refractivity contribution in [1.29, 1.82) is 0 Å². The van der Waals surface area contributed by atoms with Crippen LogP contribution in [0.5, 0.6) is 0 Å². The van der Waals surface area contributed by atoms with Gasteiger partial charge in [-0.1, -0.05) is 19.1 Å². The number of hydrogen-bond acceptors (Lipinski definition) is 3. The largest absolute Gasteiger partial charge is 0.481 e. The van der Waals surface area contributed by atoms with Crippen LogP contribution in [0.1, 0.15) is 40.5 Å². The maximum absolute atomic E-state index is 10.5. The highest BCUT2D eigenvalue weighted by atomic mass is 16.4. The van der Waals surface area contributed by atoms with Crippen LogP contribution in [0, 0.1) is 0 Å². The lowest BCUT2D eigenvalue weighted by Gasteiger charge is -1.98. The van der Waals surface area contributed by atoms with E-state index >= 15 is 0 Å². The van der Waals surface area contributed by atoms with E-state index in [0.29, 0.717) is 6.42 Å². The van der Waals surface area contributed by atoms with Gasteiger partial charge in [0.1, 0.15) is 0 Å². The van der Waals surface area contributed by atoms with Crippen molar-refractivity contribution in [3.8, 4) is 0 Å². The highest BCUT2D eigenvalue weighted by Crippen LogP contribution is 2.07. The number of aromatic carboxylic acids is 2. The lowest BCUT2D eigenvalue weighted by atomic mass is 10.1. The van der Waals surface area contributed by atoms with Crippen molar-refractivity contribution in [2.75, 3.05) is 0 Å². The van der Waals surface area contributed by atoms with Gasteiger partial charge in [-0.05, 0) is 18.6 Å². The van der Waals surface area contributed by atoms with Gasteiger partial charge in [-0.2, -0.15) is 0 Å². The summed E-state index contributed by atoms with van der Waals surface area (Å²) in [4.78, 5) is 30.5. The van der Waals surface area contributed by atoms with Crippen LogP contribution in [0.4, 0.5) is 0 Å². The zero-order valence-corrected chi connectivity index (χ0v) is 9.79. The Kier molecular flexibility index (Phi) is 6.80. The quantitative estimate of drug-likeness (QED) is 0.757. The van der Waals surface area contributed by atoms with Gasteiger partial charge in [0.25, 0.3) is 0 Å². The van der Waals surface area contributed by atoms with E-state index in [0.717, 1.165) is 6.42 Å². The number of rotatable bonds is 4. The molecular weight excluding hydrogens is 240 g/mol. The van der Waals surface area contributed by atoms with Crippen molar-refractivity contribution in [3.05, 3.63) is 35.4 Å². The van der Waals surface area contributed by atoms with Gasteiger partial charge in [0, 0.05) is 6.42 Å². The average Bonchev–Trinajstić information content (AvgIpc) is 2.29. The number of carboxylic acids is 3. The van der Waals surface area contributed by atoms with E-state index in [9.17, 15) is 14.4 Å². The zero-order valence-electron chi connectivity index (χ0n) is 9.79. The Labute approximate surface area is 103 Å². The molecule has 0 unspecified atom stereocenters. The Morgan fingerprint density at radius 2 is 1.33 bits per heavy atom. The molecule has 1 rings (SSSR count). The molecule has 0 heterocycles. The van der Waals surface area contributed by atoms with Crippen molar-refractivity contribution in [3.63, 3.8) is 0 Å². The molecule has 0 spiro atoms. The molecule has 0 saturated carbocycles. The maximum atomic E-state index is 10.5. The van der Waals surface area contributed by atoms with Gasteiger partial charge >= 0.3 is 17.9 Å². The van der Waals surface area contributed by atoms with E-state index in [1.165, 1.54) is 24.3 Å². The van der Waals surface area contributed by atoms with Gasteiger partial charge < -0.3 is 15.3 Å². The fraction of sp³-hybridized carbons (Fsp3) is 0.250. The lowest BCUT2D eigenvalue weighted by molar-refractivity contribution is -0.137. The van der Waals surface area contributed by atoms with Crippen LogP contribution in [0.25, 0.3) is 0 Å². The first-order chi connectivity index (χ1) is 8.40. The van der Waals surface area contributed by atoms with E-state index in [1.807, 2.05) is 6.92 Å². The molecule has 6 heteroatoms. The number of benzene rings is 1. The van der Waals surface area contributed by atoms with E-state index in [-0.39, 0.29) is 11.1 Å². The van der Waals surface area contributed by atoms with Gasteiger partial charge in [-0.3, -0.25) is 4.79 Å². The molecule has 0 amide bonds. The fourth-order valence-electron chi connectivity index (χ4n) is 1.07. The van der Waals surface area contributed by atoms with Gasteiger partial charge in [0.2, 0.25) is 0 Å². The van der Waals surface area contributed by atoms with Gasteiger partial charge in [0.15, 0.2) is 0 Å². The Hall–Kier alpha value is -2.37. The summed E-state index contributed by atoms with van der Waals surface area (Å²) in [5, 5.41) is 25.0. The molecule has 0 aliphatic heterocycles. The molecule has 98 valence electrons. The molecule has 6 nitrogen and oxygen atoms in total. The molecule has 18 heavy (non-hydrogen) atoms. The van der Waals surface area contributed by atoms with Crippen LogP contribution in [-0.4, -0.2) is 33.2 Å². The number of carboxylic acid groups (broad SMARTS) is 3. The summed E-state index contributed by atoms with van der Waals surface area (Å²) >= 11 is 0. The van der Waals surface area contributed by atoms with Gasteiger partial charge in [-0.25, -0.2) is 9.59 Å². The smallest absolute Gasteiger partial charge is 0.336 e. The summed E-state index contributed by atoms with van der Waals surface area (Å²) in [6.07, 6.45) is 1.02. The number of hydrogen-bond donors (Lipinski definition) is 3. The second-order valence-electron chi connectivity index (χ2n) is 3.30. The minimum absolute atomic E-state index is 0.190. The van der Waals surface area contributed by atoms with Crippen LogP contribution in [0.3, 0.4) is 0 Å². The normalized spacial score (nSPS) is 8.94. The minimum atomic E-state index is -1.23. The van der Waals surface area contributed by atoms with Crippen LogP contribution in [0.15, 0.2) is 24.3 Å². The highest BCUT2D eigenvalue weighted by Gasteiger charge is 2.13. The zero-order chi connectivity index (χ0) is 14.1. The summed E-state index contributed by atoms with van der Waals surface area (Å²) in [5.41, 5.74) is -0.380. The van der Waals surface area contributed by atoms with Crippen molar-refractivity contribution < 1.29 is 29.7 Å². The monoisotopic (exact) mass is 254 g/mol.